The Balaban J connectivity index is 1.43. The SMILES string of the molecule is O=C1/C(=C/c2ccc(Cl)c(Cl)c2)Oc2c1ccc1c2CN(Cc2ccccn2)CO1. The Morgan fingerprint density at radius 3 is 2.80 bits per heavy atom. The van der Waals surface area contributed by atoms with Gasteiger partial charge < -0.3 is 9.47 Å². The lowest BCUT2D eigenvalue weighted by molar-refractivity contribution is 0.0861. The average Bonchev–Trinajstić information content (AvgIpc) is 3.07. The van der Waals surface area contributed by atoms with Crippen molar-refractivity contribution in [2.75, 3.05) is 6.73 Å². The molecule has 0 saturated heterocycles. The highest BCUT2D eigenvalue weighted by atomic mass is 35.5. The number of hydrogen-bond donors (Lipinski definition) is 0. The van der Waals surface area contributed by atoms with Crippen molar-refractivity contribution >= 4 is 35.1 Å². The number of hydrogen-bond acceptors (Lipinski definition) is 5. The molecule has 0 radical (unpaired) electrons. The first-order valence-electron chi connectivity index (χ1n) is 9.39. The number of halogens is 2. The number of nitrogens with zero attached hydrogens (tertiary/aromatic N) is 2. The van der Waals surface area contributed by atoms with Gasteiger partial charge in [-0.15, -0.1) is 0 Å². The van der Waals surface area contributed by atoms with E-state index in [4.69, 9.17) is 32.7 Å². The van der Waals surface area contributed by atoms with E-state index in [1.54, 1.807) is 36.5 Å². The third kappa shape index (κ3) is 3.56. The van der Waals surface area contributed by atoms with Crippen LogP contribution in [0.3, 0.4) is 0 Å². The van der Waals surface area contributed by atoms with E-state index in [0.29, 0.717) is 41.2 Å². The Kier molecular flexibility index (Phi) is 4.95. The number of aromatic nitrogens is 1. The fraction of sp³-hybridized carbons (Fsp3) is 0.130. The van der Waals surface area contributed by atoms with Gasteiger partial charge in [0.1, 0.15) is 18.2 Å². The third-order valence-corrected chi connectivity index (χ3v) is 5.77. The molecule has 5 nitrogen and oxygen atoms in total. The molecule has 2 aromatic carbocycles. The second-order valence-corrected chi connectivity index (χ2v) is 7.93. The van der Waals surface area contributed by atoms with Gasteiger partial charge in [0.15, 0.2) is 5.76 Å². The van der Waals surface area contributed by atoms with Crippen LogP contribution in [0.15, 0.2) is 60.5 Å². The van der Waals surface area contributed by atoms with Crippen LogP contribution in [0.4, 0.5) is 0 Å². The van der Waals surface area contributed by atoms with Crippen LogP contribution in [0.25, 0.3) is 6.08 Å². The van der Waals surface area contributed by atoms with Crippen LogP contribution < -0.4 is 9.47 Å². The zero-order valence-corrected chi connectivity index (χ0v) is 17.3. The molecule has 0 N–H and O–H groups in total. The molecule has 3 heterocycles. The first-order chi connectivity index (χ1) is 14.6. The molecule has 0 amide bonds. The van der Waals surface area contributed by atoms with Crippen molar-refractivity contribution in [1.29, 1.82) is 0 Å². The molecule has 7 heteroatoms. The summed E-state index contributed by atoms with van der Waals surface area (Å²) in [5.41, 5.74) is 3.08. The minimum atomic E-state index is -0.166. The number of allylic oxidation sites excluding steroid dienone is 1. The summed E-state index contributed by atoms with van der Waals surface area (Å²) in [6, 6.07) is 14.6. The lowest BCUT2D eigenvalue weighted by Gasteiger charge is -2.29. The average molecular weight is 439 g/mol. The summed E-state index contributed by atoms with van der Waals surface area (Å²) in [6.45, 7) is 1.69. The van der Waals surface area contributed by atoms with Crippen molar-refractivity contribution in [3.8, 4) is 11.5 Å². The summed E-state index contributed by atoms with van der Waals surface area (Å²) in [6.07, 6.45) is 3.44. The van der Waals surface area contributed by atoms with Crippen molar-refractivity contribution in [3.63, 3.8) is 0 Å². The normalized spacial score (nSPS) is 16.7. The van der Waals surface area contributed by atoms with Crippen molar-refractivity contribution in [2.24, 2.45) is 0 Å². The Labute approximate surface area is 183 Å². The Hall–Kier alpha value is -2.86. The molecule has 5 rings (SSSR count). The smallest absolute Gasteiger partial charge is 0.231 e. The number of pyridine rings is 1. The monoisotopic (exact) mass is 438 g/mol. The molecule has 2 aliphatic heterocycles. The van der Waals surface area contributed by atoms with Crippen LogP contribution in [0.1, 0.15) is 27.2 Å². The predicted molar refractivity (Wildman–Crippen MR) is 115 cm³/mol. The summed E-state index contributed by atoms with van der Waals surface area (Å²) in [4.78, 5) is 19.4. The predicted octanol–water partition coefficient (Wildman–Crippen LogP) is 5.36. The molecule has 1 aromatic heterocycles. The minimum absolute atomic E-state index is 0.166. The van der Waals surface area contributed by atoms with Crippen LogP contribution >= 0.6 is 23.2 Å². The van der Waals surface area contributed by atoms with E-state index in [9.17, 15) is 4.79 Å². The number of ether oxygens (including phenoxy) is 2. The molecule has 0 atom stereocenters. The quantitative estimate of drug-likeness (QED) is 0.515. The molecular weight excluding hydrogens is 423 g/mol. The van der Waals surface area contributed by atoms with Gasteiger partial charge in [-0.2, -0.15) is 0 Å². The summed E-state index contributed by atoms with van der Waals surface area (Å²) in [5, 5.41) is 0.880. The van der Waals surface area contributed by atoms with Crippen LogP contribution in [-0.2, 0) is 13.1 Å². The Morgan fingerprint density at radius 2 is 2.00 bits per heavy atom. The van der Waals surface area contributed by atoms with Crippen LogP contribution in [0.5, 0.6) is 11.5 Å². The molecule has 0 saturated carbocycles. The molecule has 2 aliphatic rings. The van der Waals surface area contributed by atoms with Crippen molar-refractivity contribution in [1.82, 2.24) is 9.88 Å². The fourth-order valence-electron chi connectivity index (χ4n) is 3.58. The van der Waals surface area contributed by atoms with Gasteiger partial charge in [0.2, 0.25) is 5.78 Å². The van der Waals surface area contributed by atoms with Crippen LogP contribution in [0, 0.1) is 0 Å². The zero-order valence-electron chi connectivity index (χ0n) is 15.8. The Morgan fingerprint density at radius 1 is 1.10 bits per heavy atom. The van der Waals surface area contributed by atoms with Crippen molar-refractivity contribution < 1.29 is 14.3 Å². The highest BCUT2D eigenvalue weighted by Gasteiger charge is 2.33. The zero-order chi connectivity index (χ0) is 20.7. The molecule has 3 aromatic rings. The van der Waals surface area contributed by atoms with Crippen LogP contribution in [0.2, 0.25) is 10.0 Å². The van der Waals surface area contributed by atoms with Gasteiger partial charge in [-0.1, -0.05) is 35.3 Å². The lowest BCUT2D eigenvalue weighted by Crippen LogP contribution is -2.32. The number of Topliss-reactive ketones (excluding diaryl/α,β-unsaturated/α-hetero) is 1. The molecule has 0 bridgehead atoms. The van der Waals surface area contributed by atoms with Crippen LogP contribution in [-0.4, -0.2) is 22.4 Å². The highest BCUT2D eigenvalue weighted by Crippen LogP contribution is 2.42. The molecular formula is C23H16Cl2N2O3. The topological polar surface area (TPSA) is 51.7 Å². The summed E-state index contributed by atoms with van der Waals surface area (Å²) in [7, 11) is 0. The molecule has 150 valence electrons. The molecule has 30 heavy (non-hydrogen) atoms. The van der Waals surface area contributed by atoms with Crippen molar-refractivity contribution in [3.05, 3.63) is 92.9 Å². The number of benzene rings is 2. The number of ketones is 1. The summed E-state index contributed by atoms with van der Waals surface area (Å²) >= 11 is 12.1. The van der Waals surface area contributed by atoms with E-state index in [1.807, 2.05) is 24.3 Å². The largest absolute Gasteiger partial charge is 0.478 e. The molecule has 0 unspecified atom stereocenters. The van der Waals surface area contributed by atoms with E-state index in [0.717, 1.165) is 22.6 Å². The highest BCUT2D eigenvalue weighted by molar-refractivity contribution is 6.42. The van der Waals surface area contributed by atoms with Gasteiger partial charge in [0.05, 0.1) is 26.9 Å². The lowest BCUT2D eigenvalue weighted by atomic mass is 10.0. The van der Waals surface area contributed by atoms with E-state index < -0.39 is 0 Å². The first kappa shape index (κ1) is 19.1. The van der Waals surface area contributed by atoms with E-state index in [-0.39, 0.29) is 11.5 Å². The van der Waals surface area contributed by atoms with E-state index in [2.05, 4.69) is 9.88 Å². The number of fused-ring (bicyclic) bond motifs is 3. The minimum Gasteiger partial charge on any atom is -0.478 e. The maximum Gasteiger partial charge on any atom is 0.231 e. The van der Waals surface area contributed by atoms with Gasteiger partial charge in [-0.25, -0.2) is 0 Å². The molecule has 0 spiro atoms. The fourth-order valence-corrected chi connectivity index (χ4v) is 3.89. The number of rotatable bonds is 3. The second-order valence-electron chi connectivity index (χ2n) is 7.11. The first-order valence-corrected chi connectivity index (χ1v) is 10.1. The third-order valence-electron chi connectivity index (χ3n) is 5.04. The summed E-state index contributed by atoms with van der Waals surface area (Å²) in [5.74, 6) is 1.36. The van der Waals surface area contributed by atoms with Gasteiger partial charge in [0, 0.05) is 19.3 Å². The second kappa shape index (κ2) is 7.76. The van der Waals surface area contributed by atoms with E-state index >= 15 is 0 Å². The number of carbonyl (C=O) groups is 1. The Bertz CT molecular complexity index is 1180. The van der Waals surface area contributed by atoms with Gasteiger partial charge in [0.25, 0.3) is 0 Å². The maximum absolute atomic E-state index is 12.9. The maximum atomic E-state index is 12.9. The van der Waals surface area contributed by atoms with Crippen molar-refractivity contribution in [2.45, 2.75) is 13.1 Å². The summed E-state index contributed by atoms with van der Waals surface area (Å²) < 4.78 is 11.9. The van der Waals surface area contributed by atoms with E-state index in [1.165, 1.54) is 0 Å². The molecule has 0 fully saturated rings. The molecule has 0 aliphatic carbocycles. The van der Waals surface area contributed by atoms with Gasteiger partial charge >= 0.3 is 0 Å². The van der Waals surface area contributed by atoms with Gasteiger partial charge in [-0.3, -0.25) is 14.7 Å². The number of carbonyl (C=O) groups excluding carboxylic acids is 1. The standard InChI is InChI=1S/C23H16Cl2N2O3/c24-18-6-4-14(9-19(18)25)10-21-22(28)16-5-7-20-17(23(16)30-21)12-27(13-29-20)11-15-3-1-2-8-26-15/h1-10H,11-13H2/b21-10-. The van der Waals surface area contributed by atoms with Gasteiger partial charge in [-0.05, 0) is 48.0 Å².